The normalized spacial score (nSPS) is 32.6. The summed E-state index contributed by atoms with van der Waals surface area (Å²) in [7, 11) is 0. The van der Waals surface area contributed by atoms with E-state index in [1.807, 2.05) is 0 Å². The van der Waals surface area contributed by atoms with E-state index in [1.165, 1.54) is 12.0 Å². The molecule has 3 heteroatoms. The van der Waals surface area contributed by atoms with Gasteiger partial charge in [0, 0.05) is 12.0 Å². The first kappa shape index (κ1) is 13.1. The standard InChI is InChI=1S/C14H23NOS/c1-13(2)5-3-6-14(10-15,12(13)16)8-11-4-7-17-9-11/h4,7,9,12,16H,3,5-6,8,10,15H2,1-2H3. The summed E-state index contributed by atoms with van der Waals surface area (Å²) in [6.07, 6.45) is 3.93. The van der Waals surface area contributed by atoms with E-state index in [1.54, 1.807) is 11.3 Å². The summed E-state index contributed by atoms with van der Waals surface area (Å²) >= 11 is 1.72. The number of hydrogen-bond donors (Lipinski definition) is 2. The summed E-state index contributed by atoms with van der Waals surface area (Å²) in [6, 6.07) is 2.15. The maximum absolute atomic E-state index is 10.7. The zero-order valence-corrected chi connectivity index (χ0v) is 11.6. The Hall–Kier alpha value is -0.380. The van der Waals surface area contributed by atoms with Crippen molar-refractivity contribution in [1.29, 1.82) is 0 Å². The minimum Gasteiger partial charge on any atom is -0.392 e. The molecule has 0 bridgehead atoms. The molecular weight excluding hydrogens is 230 g/mol. The van der Waals surface area contributed by atoms with Crippen LogP contribution in [0.3, 0.4) is 0 Å². The Morgan fingerprint density at radius 1 is 1.47 bits per heavy atom. The van der Waals surface area contributed by atoms with Crippen LogP contribution in [0.2, 0.25) is 0 Å². The molecule has 1 heterocycles. The lowest BCUT2D eigenvalue weighted by Gasteiger charge is -2.49. The van der Waals surface area contributed by atoms with Crippen molar-refractivity contribution < 1.29 is 5.11 Å². The Kier molecular flexibility index (Phi) is 3.62. The minimum atomic E-state index is -0.298. The summed E-state index contributed by atoms with van der Waals surface area (Å²) in [5.74, 6) is 0. The monoisotopic (exact) mass is 253 g/mol. The van der Waals surface area contributed by atoms with Gasteiger partial charge in [-0.25, -0.2) is 0 Å². The van der Waals surface area contributed by atoms with E-state index >= 15 is 0 Å². The van der Waals surface area contributed by atoms with Crippen LogP contribution in [-0.2, 0) is 6.42 Å². The van der Waals surface area contributed by atoms with E-state index in [9.17, 15) is 5.11 Å². The van der Waals surface area contributed by atoms with Crippen LogP contribution < -0.4 is 5.73 Å². The number of aliphatic hydroxyl groups is 1. The van der Waals surface area contributed by atoms with Gasteiger partial charge >= 0.3 is 0 Å². The highest BCUT2D eigenvalue weighted by atomic mass is 32.1. The van der Waals surface area contributed by atoms with E-state index in [2.05, 4.69) is 30.7 Å². The summed E-state index contributed by atoms with van der Waals surface area (Å²) < 4.78 is 0. The number of thiophene rings is 1. The van der Waals surface area contributed by atoms with Crippen molar-refractivity contribution in [3.05, 3.63) is 22.4 Å². The Morgan fingerprint density at radius 3 is 2.82 bits per heavy atom. The van der Waals surface area contributed by atoms with Crippen LogP contribution in [0.1, 0.15) is 38.7 Å². The lowest BCUT2D eigenvalue weighted by molar-refractivity contribution is -0.0884. The Balaban J connectivity index is 2.23. The van der Waals surface area contributed by atoms with Gasteiger partial charge in [-0.05, 0) is 47.1 Å². The van der Waals surface area contributed by atoms with Crippen LogP contribution in [0.15, 0.2) is 16.8 Å². The third-order valence-corrected chi connectivity index (χ3v) is 5.09. The molecule has 1 aromatic rings. The largest absolute Gasteiger partial charge is 0.392 e. The fourth-order valence-corrected chi connectivity index (χ4v) is 3.94. The molecule has 0 amide bonds. The van der Waals surface area contributed by atoms with Gasteiger partial charge in [0.1, 0.15) is 0 Å². The molecular formula is C14H23NOS. The Morgan fingerprint density at radius 2 is 2.24 bits per heavy atom. The first-order valence-corrected chi connectivity index (χ1v) is 7.34. The maximum Gasteiger partial charge on any atom is 0.0662 e. The van der Waals surface area contributed by atoms with Gasteiger partial charge in [0.15, 0.2) is 0 Å². The average Bonchev–Trinajstić information content (AvgIpc) is 2.77. The predicted octanol–water partition coefficient (Wildman–Crippen LogP) is 2.81. The molecule has 96 valence electrons. The lowest BCUT2D eigenvalue weighted by Crippen LogP contribution is -2.53. The van der Waals surface area contributed by atoms with Crippen molar-refractivity contribution in [2.45, 2.75) is 45.6 Å². The van der Waals surface area contributed by atoms with Crippen LogP contribution in [0.25, 0.3) is 0 Å². The Labute approximate surface area is 108 Å². The van der Waals surface area contributed by atoms with Crippen molar-refractivity contribution in [2.24, 2.45) is 16.6 Å². The molecule has 1 aliphatic carbocycles. The van der Waals surface area contributed by atoms with E-state index in [0.29, 0.717) is 6.54 Å². The second-order valence-electron chi connectivity index (χ2n) is 6.12. The minimum absolute atomic E-state index is 0.00631. The molecule has 0 saturated heterocycles. The summed E-state index contributed by atoms with van der Waals surface area (Å²) in [5, 5.41) is 14.9. The van der Waals surface area contributed by atoms with Crippen molar-refractivity contribution in [3.63, 3.8) is 0 Å². The molecule has 1 fully saturated rings. The van der Waals surface area contributed by atoms with E-state index < -0.39 is 0 Å². The number of nitrogens with two attached hydrogens (primary N) is 1. The van der Waals surface area contributed by atoms with Gasteiger partial charge in [-0.1, -0.05) is 20.3 Å². The molecule has 2 rings (SSSR count). The molecule has 3 N–H and O–H groups in total. The van der Waals surface area contributed by atoms with E-state index in [-0.39, 0.29) is 16.9 Å². The van der Waals surface area contributed by atoms with Crippen molar-refractivity contribution >= 4 is 11.3 Å². The van der Waals surface area contributed by atoms with Gasteiger partial charge in [0.2, 0.25) is 0 Å². The lowest BCUT2D eigenvalue weighted by atomic mass is 9.59. The molecule has 0 radical (unpaired) electrons. The van der Waals surface area contributed by atoms with Crippen LogP contribution in [0, 0.1) is 10.8 Å². The fraction of sp³-hybridized carbons (Fsp3) is 0.714. The van der Waals surface area contributed by atoms with Crippen molar-refractivity contribution in [3.8, 4) is 0 Å². The molecule has 0 spiro atoms. The third kappa shape index (κ3) is 2.42. The van der Waals surface area contributed by atoms with Gasteiger partial charge in [0.05, 0.1) is 6.10 Å². The highest BCUT2D eigenvalue weighted by Crippen LogP contribution is 2.47. The second-order valence-corrected chi connectivity index (χ2v) is 6.90. The van der Waals surface area contributed by atoms with E-state index in [4.69, 9.17) is 5.73 Å². The second kappa shape index (κ2) is 4.71. The molecule has 2 unspecified atom stereocenters. The molecule has 1 aliphatic rings. The number of aliphatic hydroxyl groups excluding tert-OH is 1. The zero-order valence-electron chi connectivity index (χ0n) is 10.8. The van der Waals surface area contributed by atoms with Crippen LogP contribution >= 0.6 is 11.3 Å². The molecule has 0 aromatic carbocycles. The maximum atomic E-state index is 10.7. The van der Waals surface area contributed by atoms with Crippen LogP contribution in [0.5, 0.6) is 0 Å². The van der Waals surface area contributed by atoms with Crippen LogP contribution in [0.4, 0.5) is 0 Å². The third-order valence-electron chi connectivity index (χ3n) is 4.36. The number of hydrogen-bond acceptors (Lipinski definition) is 3. The van der Waals surface area contributed by atoms with Gasteiger partial charge in [-0.3, -0.25) is 0 Å². The fourth-order valence-electron chi connectivity index (χ4n) is 3.27. The highest BCUT2D eigenvalue weighted by Gasteiger charge is 2.47. The molecule has 17 heavy (non-hydrogen) atoms. The van der Waals surface area contributed by atoms with E-state index in [0.717, 1.165) is 19.3 Å². The Bertz CT molecular complexity index is 360. The molecule has 1 saturated carbocycles. The van der Waals surface area contributed by atoms with Crippen LogP contribution in [-0.4, -0.2) is 17.8 Å². The first-order chi connectivity index (χ1) is 8.00. The summed E-state index contributed by atoms with van der Waals surface area (Å²) in [5.41, 5.74) is 7.20. The van der Waals surface area contributed by atoms with Gasteiger partial charge in [0.25, 0.3) is 0 Å². The molecule has 2 atom stereocenters. The first-order valence-electron chi connectivity index (χ1n) is 6.39. The molecule has 1 aromatic heterocycles. The zero-order chi connectivity index (χ0) is 12.5. The highest BCUT2D eigenvalue weighted by molar-refractivity contribution is 7.07. The topological polar surface area (TPSA) is 46.2 Å². The molecule has 0 aliphatic heterocycles. The summed E-state index contributed by atoms with van der Waals surface area (Å²) in [6.45, 7) is 4.90. The van der Waals surface area contributed by atoms with Crippen molar-refractivity contribution in [2.75, 3.05) is 6.54 Å². The smallest absolute Gasteiger partial charge is 0.0662 e. The van der Waals surface area contributed by atoms with Gasteiger partial charge in [-0.2, -0.15) is 11.3 Å². The van der Waals surface area contributed by atoms with Gasteiger partial charge in [-0.15, -0.1) is 0 Å². The SMILES string of the molecule is CC1(C)CCCC(CN)(Cc2ccsc2)C1O. The predicted molar refractivity (Wildman–Crippen MR) is 73.1 cm³/mol. The van der Waals surface area contributed by atoms with Crippen molar-refractivity contribution in [1.82, 2.24) is 0 Å². The van der Waals surface area contributed by atoms with Gasteiger partial charge < -0.3 is 10.8 Å². The number of rotatable bonds is 3. The summed E-state index contributed by atoms with van der Waals surface area (Å²) in [4.78, 5) is 0. The average molecular weight is 253 g/mol. The molecule has 2 nitrogen and oxygen atoms in total. The quantitative estimate of drug-likeness (QED) is 0.870.